The van der Waals surface area contributed by atoms with Crippen LogP contribution in [0, 0.1) is 0 Å². The summed E-state index contributed by atoms with van der Waals surface area (Å²) in [7, 11) is 0. The Hall–Kier alpha value is -8.86. The summed E-state index contributed by atoms with van der Waals surface area (Å²) < 4.78 is 11.5. The number of hydrogen-bond donors (Lipinski definition) is 0. The number of benzene rings is 11. The van der Waals surface area contributed by atoms with Gasteiger partial charge in [0.1, 0.15) is 11.2 Å². The van der Waals surface area contributed by atoms with Crippen LogP contribution in [0.3, 0.4) is 0 Å². The molecule has 0 aliphatic heterocycles. The van der Waals surface area contributed by atoms with Crippen molar-refractivity contribution in [2.75, 3.05) is 4.90 Å². The highest BCUT2D eigenvalue weighted by Gasteiger charge is 2.23. The third-order valence-electron chi connectivity index (χ3n) is 13.7. The van der Waals surface area contributed by atoms with E-state index in [2.05, 4.69) is 251 Å². The van der Waals surface area contributed by atoms with E-state index in [9.17, 15) is 0 Å². The van der Waals surface area contributed by atoms with E-state index >= 15 is 0 Å². The van der Waals surface area contributed by atoms with Crippen molar-refractivity contribution in [2.45, 2.75) is 0 Å². The molecule has 14 aromatic rings. The van der Waals surface area contributed by atoms with E-state index in [-0.39, 0.29) is 0 Å². The first-order chi connectivity index (χ1) is 32.7. The average molecular weight is 842 g/mol. The molecule has 14 rings (SSSR count). The van der Waals surface area contributed by atoms with Crippen molar-refractivity contribution < 1.29 is 4.42 Å². The van der Waals surface area contributed by atoms with Crippen LogP contribution in [0.2, 0.25) is 0 Å². The van der Waals surface area contributed by atoms with Crippen molar-refractivity contribution in [1.82, 2.24) is 9.13 Å². The predicted molar refractivity (Wildman–Crippen MR) is 278 cm³/mol. The quantitative estimate of drug-likeness (QED) is 0.156. The van der Waals surface area contributed by atoms with Gasteiger partial charge in [0.25, 0.3) is 0 Å². The molecule has 0 bridgehead atoms. The van der Waals surface area contributed by atoms with E-state index in [0.717, 1.165) is 61.4 Å². The number of para-hydroxylation sites is 4. The lowest BCUT2D eigenvalue weighted by Gasteiger charge is -2.27. The maximum atomic E-state index is 6.78. The highest BCUT2D eigenvalue weighted by molar-refractivity contribution is 6.17. The van der Waals surface area contributed by atoms with E-state index < -0.39 is 0 Å². The van der Waals surface area contributed by atoms with Gasteiger partial charge in [-0.2, -0.15) is 0 Å². The Morgan fingerprint density at radius 3 is 1.68 bits per heavy atom. The van der Waals surface area contributed by atoms with Crippen LogP contribution in [0.15, 0.2) is 241 Å². The van der Waals surface area contributed by atoms with E-state index in [4.69, 9.17) is 4.42 Å². The van der Waals surface area contributed by atoms with Crippen molar-refractivity contribution in [3.05, 3.63) is 237 Å². The number of fused-ring (bicyclic) bond motifs is 12. The van der Waals surface area contributed by atoms with Crippen LogP contribution in [0.5, 0.6) is 0 Å². The Morgan fingerprint density at radius 2 is 0.894 bits per heavy atom. The van der Waals surface area contributed by atoms with Crippen molar-refractivity contribution in [1.29, 1.82) is 0 Å². The SMILES string of the molecule is c1ccc(-n2c3ccccc3c3c(N(c4ccc(-c5ccc6c(ccc7ccccc76)c5)cc4)c4ccc5c(c4)oc4ccc(-n6c7ccccc7c7ccccc76)cc45)cccc32)cc1. The number of aromatic nitrogens is 2. The fourth-order valence-corrected chi connectivity index (χ4v) is 10.7. The zero-order chi connectivity index (χ0) is 43.3. The van der Waals surface area contributed by atoms with E-state index in [1.54, 1.807) is 0 Å². The Bertz CT molecular complexity index is 4180. The largest absolute Gasteiger partial charge is 0.456 e. The van der Waals surface area contributed by atoms with Gasteiger partial charge < -0.3 is 18.5 Å². The summed E-state index contributed by atoms with van der Waals surface area (Å²) in [5.74, 6) is 0. The van der Waals surface area contributed by atoms with E-state index in [0.29, 0.717) is 0 Å². The summed E-state index contributed by atoms with van der Waals surface area (Å²) in [5, 5.41) is 12.1. The molecular weight excluding hydrogens is 803 g/mol. The third-order valence-corrected chi connectivity index (χ3v) is 13.7. The van der Waals surface area contributed by atoms with Crippen LogP contribution in [-0.2, 0) is 0 Å². The molecule has 0 unspecified atom stereocenters. The van der Waals surface area contributed by atoms with Crippen molar-refractivity contribution in [2.24, 2.45) is 0 Å². The minimum atomic E-state index is 0.839. The normalized spacial score (nSPS) is 11.9. The molecule has 66 heavy (non-hydrogen) atoms. The molecule has 3 heterocycles. The standard InChI is InChI=1S/C62H39N3O/c1-2-14-44(15-3-1)64-57-22-11-8-19-53(57)62-58(23-12-24-59(62)64)63(45-30-27-40(28-31-45)42-29-34-49-43(37-42)26-25-41-13-4-5-16-48(41)49)47-32-35-52-54-38-46(33-36-60(54)66-61(52)39-47)65-55-20-9-6-17-50(55)51-18-7-10-21-56(51)65/h1-39H. The average Bonchev–Trinajstić information content (AvgIpc) is 4.04. The van der Waals surface area contributed by atoms with Gasteiger partial charge in [-0.1, -0.05) is 140 Å². The van der Waals surface area contributed by atoms with Crippen LogP contribution in [0.1, 0.15) is 0 Å². The summed E-state index contributed by atoms with van der Waals surface area (Å²) in [5.41, 5.74) is 14.1. The van der Waals surface area contributed by atoms with Crippen molar-refractivity contribution in [3.63, 3.8) is 0 Å². The second-order valence-corrected chi connectivity index (χ2v) is 17.3. The highest BCUT2D eigenvalue weighted by Crippen LogP contribution is 2.46. The van der Waals surface area contributed by atoms with Gasteiger partial charge in [-0.15, -0.1) is 0 Å². The minimum Gasteiger partial charge on any atom is -0.456 e. The number of hydrogen-bond acceptors (Lipinski definition) is 2. The lowest BCUT2D eigenvalue weighted by atomic mass is 9.97. The highest BCUT2D eigenvalue weighted by atomic mass is 16.3. The maximum absolute atomic E-state index is 6.78. The Kier molecular flexibility index (Phi) is 7.95. The van der Waals surface area contributed by atoms with Crippen LogP contribution < -0.4 is 4.90 Å². The molecule has 0 N–H and O–H groups in total. The molecule has 0 atom stereocenters. The molecule has 0 aliphatic carbocycles. The monoisotopic (exact) mass is 841 g/mol. The predicted octanol–water partition coefficient (Wildman–Crippen LogP) is 17.2. The second kappa shape index (κ2) is 14.3. The van der Waals surface area contributed by atoms with Gasteiger partial charge in [-0.3, -0.25) is 0 Å². The molecule has 3 aromatic heterocycles. The van der Waals surface area contributed by atoms with Crippen LogP contribution >= 0.6 is 0 Å². The summed E-state index contributed by atoms with van der Waals surface area (Å²) >= 11 is 0. The molecule has 4 heteroatoms. The van der Waals surface area contributed by atoms with Gasteiger partial charge in [0.05, 0.1) is 27.8 Å². The molecule has 0 aliphatic rings. The van der Waals surface area contributed by atoms with Crippen molar-refractivity contribution >= 4 is 104 Å². The Labute approximate surface area is 380 Å². The van der Waals surface area contributed by atoms with Crippen molar-refractivity contribution in [3.8, 4) is 22.5 Å². The summed E-state index contributed by atoms with van der Waals surface area (Å²) in [4.78, 5) is 2.40. The molecule has 0 fully saturated rings. The van der Waals surface area contributed by atoms with Crippen LogP contribution in [-0.4, -0.2) is 9.13 Å². The summed E-state index contributed by atoms with van der Waals surface area (Å²) in [6.07, 6.45) is 0. The van der Waals surface area contributed by atoms with E-state index in [1.165, 1.54) is 65.3 Å². The lowest BCUT2D eigenvalue weighted by molar-refractivity contribution is 0.669. The first-order valence-corrected chi connectivity index (χ1v) is 22.6. The van der Waals surface area contributed by atoms with E-state index in [1.807, 2.05) is 0 Å². The third kappa shape index (κ3) is 5.52. The molecule has 0 saturated heterocycles. The van der Waals surface area contributed by atoms with Gasteiger partial charge in [-0.25, -0.2) is 0 Å². The fraction of sp³-hybridized carbons (Fsp3) is 0. The first-order valence-electron chi connectivity index (χ1n) is 22.6. The molecule has 0 spiro atoms. The lowest BCUT2D eigenvalue weighted by Crippen LogP contribution is -2.10. The van der Waals surface area contributed by atoms with Crippen LogP contribution in [0.25, 0.3) is 110 Å². The second-order valence-electron chi connectivity index (χ2n) is 17.3. The molecule has 0 saturated carbocycles. The van der Waals surface area contributed by atoms with Gasteiger partial charge in [-0.05, 0) is 124 Å². The molecule has 0 radical (unpaired) electrons. The number of anilines is 3. The Morgan fingerprint density at radius 1 is 0.303 bits per heavy atom. The first kappa shape index (κ1) is 36.6. The smallest absolute Gasteiger partial charge is 0.137 e. The molecule has 308 valence electrons. The zero-order valence-corrected chi connectivity index (χ0v) is 35.8. The molecule has 4 nitrogen and oxygen atoms in total. The summed E-state index contributed by atoms with van der Waals surface area (Å²) in [6, 6.07) is 85.7. The van der Waals surface area contributed by atoms with Gasteiger partial charge in [0, 0.05) is 61.1 Å². The summed E-state index contributed by atoms with van der Waals surface area (Å²) in [6.45, 7) is 0. The van der Waals surface area contributed by atoms with Gasteiger partial charge in [0.2, 0.25) is 0 Å². The number of rotatable bonds is 6. The van der Waals surface area contributed by atoms with Gasteiger partial charge >= 0.3 is 0 Å². The molecular formula is C62H39N3O. The van der Waals surface area contributed by atoms with Crippen LogP contribution in [0.4, 0.5) is 17.1 Å². The minimum absolute atomic E-state index is 0.839. The zero-order valence-electron chi connectivity index (χ0n) is 35.8. The topological polar surface area (TPSA) is 26.2 Å². The number of nitrogens with zero attached hydrogens (tertiary/aromatic N) is 3. The number of furan rings is 1. The Balaban J connectivity index is 0.946. The molecule has 11 aromatic carbocycles. The fourth-order valence-electron chi connectivity index (χ4n) is 10.7. The van der Waals surface area contributed by atoms with Gasteiger partial charge in [0.15, 0.2) is 0 Å². The molecule has 0 amide bonds. The maximum Gasteiger partial charge on any atom is 0.137 e.